The van der Waals surface area contributed by atoms with Crippen molar-refractivity contribution < 1.29 is 9.53 Å². The highest BCUT2D eigenvalue weighted by Crippen LogP contribution is 2.28. The highest BCUT2D eigenvalue weighted by Gasteiger charge is 2.14. The Kier molecular flexibility index (Phi) is 6.99. The van der Waals surface area contributed by atoms with Crippen LogP contribution in [0.15, 0.2) is 58.6 Å². The molecule has 0 aromatic heterocycles. The summed E-state index contributed by atoms with van der Waals surface area (Å²) in [6, 6.07) is 16.9. The van der Waals surface area contributed by atoms with E-state index < -0.39 is 5.91 Å². The number of nitriles is 1. The smallest absolute Gasteiger partial charge is 0.262 e. The van der Waals surface area contributed by atoms with E-state index in [1.54, 1.807) is 6.08 Å². The number of ether oxygens (including phenoxy) is 1. The standard InChI is InChI=1S/C21H21BrN2O2/c1-14(2)26-20-10-9-16(12-19(20)22)11-18(13-23)21(25)24-15(3)17-7-5-4-6-8-17/h4-12,14-15H,1-3H3,(H,24,25)/b18-11-/t15-/m1/s1. The van der Waals surface area contributed by atoms with Gasteiger partial charge in [-0.25, -0.2) is 0 Å². The Labute approximate surface area is 162 Å². The number of halogens is 1. The number of hydrogen-bond donors (Lipinski definition) is 1. The highest BCUT2D eigenvalue weighted by molar-refractivity contribution is 9.10. The zero-order valence-electron chi connectivity index (χ0n) is 15.0. The van der Waals surface area contributed by atoms with Gasteiger partial charge >= 0.3 is 0 Å². The molecule has 0 radical (unpaired) electrons. The summed E-state index contributed by atoms with van der Waals surface area (Å²) in [6.07, 6.45) is 1.63. The van der Waals surface area contributed by atoms with Gasteiger partial charge in [0.05, 0.1) is 16.6 Å². The van der Waals surface area contributed by atoms with E-state index in [1.165, 1.54) is 0 Å². The molecule has 4 nitrogen and oxygen atoms in total. The van der Waals surface area contributed by atoms with Crippen molar-refractivity contribution in [1.82, 2.24) is 5.32 Å². The first-order valence-corrected chi connectivity index (χ1v) is 9.14. The molecule has 0 aliphatic carbocycles. The van der Waals surface area contributed by atoms with Gasteiger partial charge in [0.25, 0.3) is 5.91 Å². The molecule has 0 fully saturated rings. The molecule has 0 aliphatic rings. The Morgan fingerprint density at radius 2 is 1.88 bits per heavy atom. The molecule has 0 saturated carbocycles. The average molecular weight is 413 g/mol. The van der Waals surface area contributed by atoms with E-state index in [0.717, 1.165) is 21.3 Å². The van der Waals surface area contributed by atoms with Gasteiger partial charge in [0.15, 0.2) is 0 Å². The van der Waals surface area contributed by atoms with E-state index in [4.69, 9.17) is 4.74 Å². The monoisotopic (exact) mass is 412 g/mol. The summed E-state index contributed by atoms with van der Waals surface area (Å²) in [5.41, 5.74) is 1.78. The normalized spacial score (nSPS) is 12.4. The third kappa shape index (κ3) is 5.47. The van der Waals surface area contributed by atoms with Gasteiger partial charge in [0.2, 0.25) is 0 Å². The third-order valence-corrected chi connectivity index (χ3v) is 4.26. The first-order chi connectivity index (χ1) is 12.4. The van der Waals surface area contributed by atoms with Gasteiger partial charge in [-0.2, -0.15) is 5.26 Å². The van der Waals surface area contributed by atoms with E-state index in [2.05, 4.69) is 21.2 Å². The molecule has 0 spiro atoms. The molecule has 0 heterocycles. The van der Waals surface area contributed by atoms with Crippen molar-refractivity contribution in [2.45, 2.75) is 32.9 Å². The third-order valence-electron chi connectivity index (χ3n) is 3.64. The van der Waals surface area contributed by atoms with Crippen LogP contribution in [0.1, 0.15) is 37.9 Å². The largest absolute Gasteiger partial charge is 0.490 e. The van der Waals surface area contributed by atoms with Gasteiger partial charge in [0, 0.05) is 0 Å². The summed E-state index contributed by atoms with van der Waals surface area (Å²) in [6.45, 7) is 5.79. The Morgan fingerprint density at radius 1 is 1.19 bits per heavy atom. The predicted octanol–water partition coefficient (Wildman–Crippen LogP) is 5.02. The second-order valence-corrected chi connectivity index (χ2v) is 6.99. The molecule has 2 aromatic carbocycles. The lowest BCUT2D eigenvalue weighted by molar-refractivity contribution is -0.117. The fourth-order valence-electron chi connectivity index (χ4n) is 2.37. The second kappa shape index (κ2) is 9.21. The van der Waals surface area contributed by atoms with Crippen molar-refractivity contribution in [3.8, 4) is 11.8 Å². The molecular weight excluding hydrogens is 392 g/mol. The topological polar surface area (TPSA) is 62.1 Å². The SMILES string of the molecule is CC(C)Oc1ccc(/C=C(/C#N)C(=O)N[C@H](C)c2ccccc2)cc1Br. The summed E-state index contributed by atoms with van der Waals surface area (Å²) in [4.78, 5) is 12.4. The minimum Gasteiger partial charge on any atom is -0.490 e. The lowest BCUT2D eigenvalue weighted by Gasteiger charge is -2.14. The second-order valence-electron chi connectivity index (χ2n) is 6.13. The number of carbonyl (C=O) groups excluding carboxylic acids is 1. The van der Waals surface area contributed by atoms with Crippen molar-refractivity contribution >= 4 is 27.9 Å². The fourth-order valence-corrected chi connectivity index (χ4v) is 2.86. The lowest BCUT2D eigenvalue weighted by atomic mass is 10.1. The quantitative estimate of drug-likeness (QED) is 0.534. The predicted molar refractivity (Wildman–Crippen MR) is 106 cm³/mol. The number of rotatable bonds is 6. The number of amides is 1. The van der Waals surface area contributed by atoms with Crippen LogP contribution in [0.25, 0.3) is 6.08 Å². The number of carbonyl (C=O) groups is 1. The van der Waals surface area contributed by atoms with Gasteiger partial charge < -0.3 is 10.1 Å². The molecule has 26 heavy (non-hydrogen) atoms. The lowest BCUT2D eigenvalue weighted by Crippen LogP contribution is -2.27. The summed E-state index contributed by atoms with van der Waals surface area (Å²) < 4.78 is 6.44. The Hall–Kier alpha value is -2.58. The molecule has 2 rings (SSSR count). The zero-order chi connectivity index (χ0) is 19.1. The van der Waals surface area contributed by atoms with E-state index in [1.807, 2.05) is 75.4 Å². The molecular formula is C21H21BrN2O2. The number of nitrogens with zero attached hydrogens (tertiary/aromatic N) is 1. The molecule has 1 amide bonds. The fraction of sp³-hybridized carbons (Fsp3) is 0.238. The van der Waals surface area contributed by atoms with Crippen LogP contribution < -0.4 is 10.1 Å². The van der Waals surface area contributed by atoms with Crippen molar-refractivity contribution in [2.24, 2.45) is 0 Å². The molecule has 0 aliphatic heterocycles. The van der Waals surface area contributed by atoms with Crippen LogP contribution >= 0.6 is 15.9 Å². The Balaban J connectivity index is 2.15. The maximum atomic E-state index is 12.4. The first kappa shape index (κ1) is 19.7. The van der Waals surface area contributed by atoms with Crippen LogP contribution in [0.3, 0.4) is 0 Å². The zero-order valence-corrected chi connectivity index (χ0v) is 16.6. The van der Waals surface area contributed by atoms with Gasteiger partial charge in [-0.15, -0.1) is 0 Å². The van der Waals surface area contributed by atoms with E-state index >= 15 is 0 Å². The summed E-state index contributed by atoms with van der Waals surface area (Å²) in [7, 11) is 0. The molecule has 5 heteroatoms. The van der Waals surface area contributed by atoms with Crippen molar-refractivity contribution in [1.29, 1.82) is 5.26 Å². The van der Waals surface area contributed by atoms with Gasteiger partial charge in [-0.05, 0) is 66.0 Å². The average Bonchev–Trinajstić information content (AvgIpc) is 2.62. The Bertz CT molecular complexity index is 839. The molecule has 1 N–H and O–H groups in total. The van der Waals surface area contributed by atoms with Gasteiger partial charge in [-0.3, -0.25) is 4.79 Å². The summed E-state index contributed by atoms with van der Waals surface area (Å²) >= 11 is 3.46. The van der Waals surface area contributed by atoms with Crippen LogP contribution in [0.2, 0.25) is 0 Å². The van der Waals surface area contributed by atoms with Crippen LogP contribution in [-0.4, -0.2) is 12.0 Å². The minimum atomic E-state index is -0.400. The molecule has 0 saturated heterocycles. The highest BCUT2D eigenvalue weighted by atomic mass is 79.9. The van der Waals surface area contributed by atoms with E-state index in [-0.39, 0.29) is 17.7 Å². The number of hydrogen-bond acceptors (Lipinski definition) is 3. The first-order valence-electron chi connectivity index (χ1n) is 8.34. The van der Waals surface area contributed by atoms with E-state index in [0.29, 0.717) is 0 Å². The summed E-state index contributed by atoms with van der Waals surface area (Å²) in [5.74, 6) is 0.320. The van der Waals surface area contributed by atoms with Crippen molar-refractivity contribution in [3.63, 3.8) is 0 Å². The van der Waals surface area contributed by atoms with Crippen LogP contribution in [0, 0.1) is 11.3 Å². The van der Waals surface area contributed by atoms with Gasteiger partial charge in [-0.1, -0.05) is 36.4 Å². The summed E-state index contributed by atoms with van der Waals surface area (Å²) in [5, 5.41) is 12.2. The van der Waals surface area contributed by atoms with Crippen molar-refractivity contribution in [2.75, 3.05) is 0 Å². The van der Waals surface area contributed by atoms with Crippen LogP contribution in [-0.2, 0) is 4.79 Å². The van der Waals surface area contributed by atoms with E-state index in [9.17, 15) is 10.1 Å². The minimum absolute atomic E-state index is 0.0530. The van der Waals surface area contributed by atoms with Gasteiger partial charge in [0.1, 0.15) is 17.4 Å². The maximum absolute atomic E-state index is 12.4. The molecule has 1 atom stereocenters. The van der Waals surface area contributed by atoms with Crippen LogP contribution in [0.4, 0.5) is 0 Å². The molecule has 0 unspecified atom stereocenters. The molecule has 0 bridgehead atoms. The Morgan fingerprint density at radius 3 is 2.46 bits per heavy atom. The van der Waals surface area contributed by atoms with Crippen LogP contribution in [0.5, 0.6) is 5.75 Å². The number of benzene rings is 2. The van der Waals surface area contributed by atoms with Crippen molar-refractivity contribution in [3.05, 3.63) is 69.7 Å². The maximum Gasteiger partial charge on any atom is 0.262 e. The number of nitrogens with one attached hydrogen (secondary N) is 1. The molecule has 134 valence electrons. The molecule has 2 aromatic rings.